The lowest BCUT2D eigenvalue weighted by atomic mass is 9.74. The van der Waals surface area contributed by atoms with E-state index in [2.05, 4.69) is 0 Å². The monoisotopic (exact) mass is 241 g/mol. The van der Waals surface area contributed by atoms with Crippen LogP contribution in [0.25, 0.3) is 0 Å². The summed E-state index contributed by atoms with van der Waals surface area (Å²) in [6, 6.07) is 0. The fraction of sp³-hybridized carbons (Fsp3) is 0.923. The number of nitrogens with two attached hydrogens (primary N) is 1. The number of carbonyl (C=O) groups excluding carboxylic acids is 1. The van der Waals surface area contributed by atoms with Crippen molar-refractivity contribution in [2.45, 2.75) is 51.0 Å². The number of esters is 1. The molecule has 2 rings (SSSR count). The molecule has 2 fully saturated rings. The number of ether oxygens (including phenoxy) is 2. The zero-order chi connectivity index (χ0) is 12.1. The van der Waals surface area contributed by atoms with E-state index in [1.165, 1.54) is 6.42 Å². The Morgan fingerprint density at radius 3 is 2.47 bits per heavy atom. The van der Waals surface area contributed by atoms with Gasteiger partial charge in [-0.15, -0.1) is 0 Å². The molecule has 0 amide bonds. The van der Waals surface area contributed by atoms with Gasteiger partial charge in [-0.2, -0.15) is 0 Å². The van der Waals surface area contributed by atoms with Gasteiger partial charge in [0.25, 0.3) is 0 Å². The lowest BCUT2D eigenvalue weighted by Gasteiger charge is -2.35. The highest BCUT2D eigenvalue weighted by molar-refractivity contribution is 5.77. The second-order valence-electron chi connectivity index (χ2n) is 5.26. The van der Waals surface area contributed by atoms with Gasteiger partial charge in [-0.25, -0.2) is 0 Å². The Morgan fingerprint density at radius 1 is 1.24 bits per heavy atom. The zero-order valence-corrected chi connectivity index (χ0v) is 10.5. The molecule has 0 atom stereocenters. The van der Waals surface area contributed by atoms with Gasteiger partial charge in [0.15, 0.2) is 0 Å². The quantitative estimate of drug-likeness (QED) is 0.763. The van der Waals surface area contributed by atoms with Crippen LogP contribution < -0.4 is 5.73 Å². The number of hydrogen-bond donors (Lipinski definition) is 1. The molecule has 1 saturated heterocycles. The second kappa shape index (κ2) is 5.83. The number of carbonyl (C=O) groups is 1. The molecule has 2 N–H and O–H groups in total. The van der Waals surface area contributed by atoms with E-state index in [1.54, 1.807) is 0 Å². The zero-order valence-electron chi connectivity index (χ0n) is 10.5. The summed E-state index contributed by atoms with van der Waals surface area (Å²) in [5, 5.41) is 0. The topological polar surface area (TPSA) is 61.6 Å². The number of rotatable bonds is 3. The van der Waals surface area contributed by atoms with E-state index in [-0.39, 0.29) is 12.1 Å². The minimum absolute atomic E-state index is 0.0431. The summed E-state index contributed by atoms with van der Waals surface area (Å²) in [4.78, 5) is 12.3. The van der Waals surface area contributed by atoms with Gasteiger partial charge in [0.1, 0.15) is 6.10 Å². The molecule has 2 aliphatic rings. The van der Waals surface area contributed by atoms with E-state index in [1.807, 2.05) is 0 Å². The van der Waals surface area contributed by atoms with Crippen LogP contribution in [-0.4, -0.2) is 31.8 Å². The predicted molar refractivity (Wildman–Crippen MR) is 64.5 cm³/mol. The Hall–Kier alpha value is -0.610. The highest BCUT2D eigenvalue weighted by atomic mass is 16.6. The molecule has 0 bridgehead atoms. The van der Waals surface area contributed by atoms with E-state index in [0.717, 1.165) is 38.5 Å². The molecule has 1 aliphatic carbocycles. The van der Waals surface area contributed by atoms with Crippen molar-refractivity contribution in [2.24, 2.45) is 11.1 Å². The number of hydrogen-bond acceptors (Lipinski definition) is 4. The summed E-state index contributed by atoms with van der Waals surface area (Å²) in [5.74, 6) is -0.0633. The first-order valence-electron chi connectivity index (χ1n) is 6.76. The first kappa shape index (κ1) is 12.8. The highest BCUT2D eigenvalue weighted by Crippen LogP contribution is 2.37. The van der Waals surface area contributed by atoms with Crippen molar-refractivity contribution < 1.29 is 14.3 Å². The lowest BCUT2D eigenvalue weighted by molar-refractivity contribution is -0.167. The van der Waals surface area contributed by atoms with Crippen LogP contribution in [-0.2, 0) is 14.3 Å². The Morgan fingerprint density at radius 2 is 1.88 bits per heavy atom. The van der Waals surface area contributed by atoms with E-state index in [9.17, 15) is 4.79 Å². The summed E-state index contributed by atoms with van der Waals surface area (Å²) in [7, 11) is 0. The molecular weight excluding hydrogens is 218 g/mol. The third kappa shape index (κ3) is 2.99. The predicted octanol–water partition coefficient (Wildman–Crippen LogP) is 1.62. The molecule has 4 nitrogen and oxygen atoms in total. The van der Waals surface area contributed by atoms with Gasteiger partial charge in [0.2, 0.25) is 0 Å². The molecule has 1 heterocycles. The second-order valence-corrected chi connectivity index (χ2v) is 5.26. The van der Waals surface area contributed by atoms with Crippen molar-refractivity contribution >= 4 is 5.97 Å². The molecule has 0 spiro atoms. The molecule has 0 aromatic carbocycles. The van der Waals surface area contributed by atoms with Gasteiger partial charge in [-0.05, 0) is 12.8 Å². The van der Waals surface area contributed by atoms with E-state index in [4.69, 9.17) is 15.2 Å². The molecule has 17 heavy (non-hydrogen) atoms. The minimum Gasteiger partial charge on any atom is -0.462 e. The molecule has 0 radical (unpaired) electrons. The fourth-order valence-corrected chi connectivity index (χ4v) is 2.79. The first-order valence-corrected chi connectivity index (χ1v) is 6.76. The van der Waals surface area contributed by atoms with Crippen molar-refractivity contribution in [1.29, 1.82) is 0 Å². The van der Waals surface area contributed by atoms with Gasteiger partial charge >= 0.3 is 5.97 Å². The van der Waals surface area contributed by atoms with Crippen molar-refractivity contribution in [3.05, 3.63) is 0 Å². The molecule has 1 saturated carbocycles. The smallest absolute Gasteiger partial charge is 0.313 e. The first-order chi connectivity index (χ1) is 8.27. The summed E-state index contributed by atoms with van der Waals surface area (Å²) >= 11 is 0. The maximum absolute atomic E-state index is 12.3. The maximum Gasteiger partial charge on any atom is 0.313 e. The molecule has 98 valence electrons. The van der Waals surface area contributed by atoms with Gasteiger partial charge in [0.05, 0.1) is 18.6 Å². The van der Waals surface area contributed by atoms with Gasteiger partial charge in [0, 0.05) is 19.4 Å². The van der Waals surface area contributed by atoms with E-state index in [0.29, 0.717) is 19.8 Å². The standard InChI is InChI=1S/C13H23NO3/c14-10-13(6-2-1-3-7-13)12(15)17-11-4-8-16-9-5-11/h11H,1-10,14H2. The fourth-order valence-electron chi connectivity index (χ4n) is 2.79. The average molecular weight is 241 g/mol. The van der Waals surface area contributed by atoms with Crippen molar-refractivity contribution in [1.82, 2.24) is 0 Å². The van der Waals surface area contributed by atoms with Crippen LogP contribution in [0.15, 0.2) is 0 Å². The normalized spacial score (nSPS) is 25.5. The van der Waals surface area contributed by atoms with Gasteiger partial charge in [-0.3, -0.25) is 4.79 Å². The van der Waals surface area contributed by atoms with Crippen molar-refractivity contribution in [3.63, 3.8) is 0 Å². The molecule has 1 aliphatic heterocycles. The Balaban J connectivity index is 1.91. The highest BCUT2D eigenvalue weighted by Gasteiger charge is 2.40. The van der Waals surface area contributed by atoms with Gasteiger partial charge < -0.3 is 15.2 Å². The largest absolute Gasteiger partial charge is 0.462 e. The van der Waals surface area contributed by atoms with Crippen LogP contribution in [0.2, 0.25) is 0 Å². The third-order valence-corrected chi connectivity index (χ3v) is 4.08. The molecule has 0 unspecified atom stereocenters. The minimum atomic E-state index is -0.392. The molecule has 0 aromatic heterocycles. The maximum atomic E-state index is 12.3. The Bertz CT molecular complexity index is 255. The molecule has 4 heteroatoms. The van der Waals surface area contributed by atoms with Crippen LogP contribution in [0.4, 0.5) is 0 Å². The van der Waals surface area contributed by atoms with Gasteiger partial charge in [-0.1, -0.05) is 19.3 Å². The van der Waals surface area contributed by atoms with Crippen LogP contribution in [0, 0.1) is 5.41 Å². The van der Waals surface area contributed by atoms with Crippen LogP contribution in [0.5, 0.6) is 0 Å². The van der Waals surface area contributed by atoms with Crippen molar-refractivity contribution in [2.75, 3.05) is 19.8 Å². The van der Waals surface area contributed by atoms with Crippen molar-refractivity contribution in [3.8, 4) is 0 Å². The van der Waals surface area contributed by atoms with Crippen LogP contribution in [0.1, 0.15) is 44.9 Å². The molecule has 0 aromatic rings. The average Bonchev–Trinajstić information content (AvgIpc) is 2.40. The Labute approximate surface area is 103 Å². The van der Waals surface area contributed by atoms with Crippen LogP contribution >= 0.6 is 0 Å². The van der Waals surface area contributed by atoms with Crippen LogP contribution in [0.3, 0.4) is 0 Å². The van der Waals surface area contributed by atoms with E-state index < -0.39 is 5.41 Å². The lowest BCUT2D eigenvalue weighted by Crippen LogP contribution is -2.43. The summed E-state index contributed by atoms with van der Waals surface area (Å²) in [6.07, 6.45) is 6.89. The molecular formula is C13H23NO3. The van der Waals surface area contributed by atoms with E-state index >= 15 is 0 Å². The third-order valence-electron chi connectivity index (χ3n) is 4.08. The SMILES string of the molecule is NCC1(C(=O)OC2CCOCC2)CCCCC1. The summed E-state index contributed by atoms with van der Waals surface area (Å²) in [5.41, 5.74) is 5.43. The summed E-state index contributed by atoms with van der Waals surface area (Å²) < 4.78 is 10.9. The summed E-state index contributed by atoms with van der Waals surface area (Å²) in [6.45, 7) is 1.83. The Kier molecular flexibility index (Phi) is 4.40.